The summed E-state index contributed by atoms with van der Waals surface area (Å²) >= 11 is 3.31. The quantitative estimate of drug-likeness (QED) is 0.443. The van der Waals surface area contributed by atoms with Gasteiger partial charge in [0.1, 0.15) is 10.4 Å². The third-order valence-electron chi connectivity index (χ3n) is 1.40. The Kier molecular flexibility index (Phi) is 5.42. The zero-order valence-electron chi connectivity index (χ0n) is 9.56. The van der Waals surface area contributed by atoms with Crippen molar-refractivity contribution < 1.29 is 9.53 Å². The average molecular weight is 263 g/mol. The summed E-state index contributed by atoms with van der Waals surface area (Å²) in [6.45, 7) is 9.62. The van der Waals surface area contributed by atoms with Crippen molar-refractivity contribution in [1.29, 1.82) is 0 Å². The first-order valence-corrected chi connectivity index (χ1v) is 5.64. The minimum absolute atomic E-state index is 0.199. The minimum atomic E-state index is -0.409. The first-order chi connectivity index (χ1) is 6.22. The van der Waals surface area contributed by atoms with Crippen molar-refractivity contribution in [3.05, 3.63) is 11.6 Å². The smallest absolute Gasteiger partial charge is 0.320 e. The predicted molar refractivity (Wildman–Crippen MR) is 62.6 cm³/mol. The van der Waals surface area contributed by atoms with Crippen molar-refractivity contribution in [3.8, 4) is 0 Å². The molecule has 0 radical (unpaired) electrons. The highest BCUT2D eigenvalue weighted by Gasteiger charge is 2.21. The summed E-state index contributed by atoms with van der Waals surface area (Å²) in [5.41, 5.74) is 0.798. The number of hydrogen-bond donors (Lipinski definition) is 0. The summed E-state index contributed by atoms with van der Waals surface area (Å²) in [5.74, 6) is -0.199. The number of esters is 1. The highest BCUT2D eigenvalue weighted by Crippen LogP contribution is 2.15. The SMILES string of the molecule is CC(C)=CCC(Br)C(=O)OC(C)(C)C. The van der Waals surface area contributed by atoms with Crippen molar-refractivity contribution in [2.24, 2.45) is 0 Å². The van der Waals surface area contributed by atoms with Gasteiger partial charge in [-0.15, -0.1) is 0 Å². The summed E-state index contributed by atoms with van der Waals surface area (Å²) in [6.07, 6.45) is 2.70. The van der Waals surface area contributed by atoms with Gasteiger partial charge in [-0.25, -0.2) is 0 Å². The van der Waals surface area contributed by atoms with E-state index in [1.54, 1.807) is 0 Å². The lowest BCUT2D eigenvalue weighted by Gasteiger charge is -2.21. The first-order valence-electron chi connectivity index (χ1n) is 4.72. The fourth-order valence-electron chi connectivity index (χ4n) is 0.801. The van der Waals surface area contributed by atoms with Crippen LogP contribution in [0.25, 0.3) is 0 Å². The summed E-state index contributed by atoms with van der Waals surface area (Å²) in [5, 5.41) is 0. The zero-order valence-corrected chi connectivity index (χ0v) is 11.1. The molecule has 0 fully saturated rings. The van der Waals surface area contributed by atoms with Crippen LogP contribution >= 0.6 is 15.9 Å². The second-order valence-corrected chi connectivity index (χ2v) is 5.62. The standard InChI is InChI=1S/C11H19BrO2/c1-8(2)6-7-9(12)10(13)14-11(3,4)5/h6,9H,7H2,1-5H3. The van der Waals surface area contributed by atoms with Crippen LogP contribution in [-0.2, 0) is 9.53 Å². The van der Waals surface area contributed by atoms with Gasteiger partial charge in [0, 0.05) is 0 Å². The van der Waals surface area contributed by atoms with Crippen LogP contribution in [0.3, 0.4) is 0 Å². The van der Waals surface area contributed by atoms with E-state index < -0.39 is 5.60 Å². The maximum Gasteiger partial charge on any atom is 0.320 e. The number of carbonyl (C=O) groups excluding carboxylic acids is 1. The number of hydrogen-bond acceptors (Lipinski definition) is 2. The highest BCUT2D eigenvalue weighted by molar-refractivity contribution is 9.10. The molecular formula is C11H19BrO2. The molecule has 0 saturated carbocycles. The molecule has 3 heteroatoms. The Labute approximate surface area is 94.8 Å². The Morgan fingerprint density at radius 2 is 1.93 bits per heavy atom. The van der Waals surface area contributed by atoms with Crippen LogP contribution in [0.5, 0.6) is 0 Å². The van der Waals surface area contributed by atoms with Crippen LogP contribution < -0.4 is 0 Å². The largest absolute Gasteiger partial charge is 0.459 e. The molecule has 0 spiro atoms. The topological polar surface area (TPSA) is 26.3 Å². The van der Waals surface area contributed by atoms with Gasteiger partial charge in [0.2, 0.25) is 0 Å². The van der Waals surface area contributed by atoms with E-state index in [0.29, 0.717) is 6.42 Å². The lowest BCUT2D eigenvalue weighted by molar-refractivity contribution is -0.153. The molecule has 2 nitrogen and oxygen atoms in total. The van der Waals surface area contributed by atoms with Crippen LogP contribution in [-0.4, -0.2) is 16.4 Å². The molecule has 0 amide bonds. The molecule has 0 aromatic carbocycles. The maximum atomic E-state index is 11.5. The van der Waals surface area contributed by atoms with Crippen LogP contribution in [0.15, 0.2) is 11.6 Å². The molecule has 0 aliphatic carbocycles. The van der Waals surface area contributed by atoms with Gasteiger partial charge < -0.3 is 4.74 Å². The van der Waals surface area contributed by atoms with E-state index in [2.05, 4.69) is 15.9 Å². The molecule has 0 rings (SSSR count). The van der Waals surface area contributed by atoms with E-state index in [1.807, 2.05) is 40.7 Å². The van der Waals surface area contributed by atoms with Gasteiger partial charge in [-0.2, -0.15) is 0 Å². The Morgan fingerprint density at radius 3 is 2.29 bits per heavy atom. The van der Waals surface area contributed by atoms with Crippen molar-refractivity contribution in [2.75, 3.05) is 0 Å². The monoisotopic (exact) mass is 262 g/mol. The molecule has 14 heavy (non-hydrogen) atoms. The molecular weight excluding hydrogens is 244 g/mol. The molecule has 1 unspecified atom stereocenters. The average Bonchev–Trinajstić information content (AvgIpc) is 1.96. The Hall–Kier alpha value is -0.310. The Bertz CT molecular complexity index is 222. The first kappa shape index (κ1) is 13.7. The number of ether oxygens (including phenoxy) is 1. The highest BCUT2D eigenvalue weighted by atomic mass is 79.9. The summed E-state index contributed by atoms with van der Waals surface area (Å²) < 4.78 is 5.22. The van der Waals surface area contributed by atoms with Crippen LogP contribution in [0.2, 0.25) is 0 Å². The summed E-state index contributed by atoms with van der Waals surface area (Å²) in [4.78, 5) is 11.2. The molecule has 1 atom stereocenters. The Balaban J connectivity index is 4.07. The van der Waals surface area contributed by atoms with E-state index in [0.717, 1.165) is 0 Å². The molecule has 0 aromatic rings. The van der Waals surface area contributed by atoms with Crippen LogP contribution in [0.4, 0.5) is 0 Å². The fourth-order valence-corrected chi connectivity index (χ4v) is 1.08. The predicted octanol–water partition coefficient (Wildman–Crippen LogP) is 3.45. The fraction of sp³-hybridized carbons (Fsp3) is 0.727. The second-order valence-electron chi connectivity index (χ2n) is 4.52. The normalized spacial score (nSPS) is 13.3. The molecule has 0 aliphatic heterocycles. The third kappa shape index (κ3) is 7.13. The molecule has 0 aliphatic rings. The molecule has 0 heterocycles. The van der Waals surface area contributed by atoms with Crippen LogP contribution in [0.1, 0.15) is 41.0 Å². The van der Waals surface area contributed by atoms with E-state index in [9.17, 15) is 4.79 Å². The number of halogens is 1. The Morgan fingerprint density at radius 1 is 1.43 bits per heavy atom. The molecule has 82 valence electrons. The molecule has 0 bridgehead atoms. The van der Waals surface area contributed by atoms with Gasteiger partial charge in [0.05, 0.1) is 0 Å². The molecule has 0 aromatic heterocycles. The van der Waals surface area contributed by atoms with E-state index in [4.69, 9.17) is 4.74 Å². The van der Waals surface area contributed by atoms with Gasteiger partial charge >= 0.3 is 5.97 Å². The van der Waals surface area contributed by atoms with Gasteiger partial charge in [-0.1, -0.05) is 27.6 Å². The van der Waals surface area contributed by atoms with Crippen molar-refractivity contribution >= 4 is 21.9 Å². The van der Waals surface area contributed by atoms with Gasteiger partial charge in [-0.3, -0.25) is 4.79 Å². The van der Waals surface area contributed by atoms with E-state index >= 15 is 0 Å². The second kappa shape index (κ2) is 5.54. The summed E-state index contributed by atoms with van der Waals surface area (Å²) in [7, 11) is 0. The minimum Gasteiger partial charge on any atom is -0.459 e. The van der Waals surface area contributed by atoms with Crippen molar-refractivity contribution in [3.63, 3.8) is 0 Å². The van der Waals surface area contributed by atoms with Crippen LogP contribution in [0, 0.1) is 0 Å². The van der Waals surface area contributed by atoms with E-state index in [1.165, 1.54) is 5.57 Å². The molecule has 0 N–H and O–H groups in total. The van der Waals surface area contributed by atoms with Gasteiger partial charge in [0.25, 0.3) is 0 Å². The number of allylic oxidation sites excluding steroid dienone is 2. The lowest BCUT2D eigenvalue weighted by Crippen LogP contribution is -2.28. The zero-order chi connectivity index (χ0) is 11.4. The summed E-state index contributed by atoms with van der Waals surface area (Å²) in [6, 6.07) is 0. The van der Waals surface area contributed by atoms with Gasteiger partial charge in [-0.05, 0) is 41.0 Å². The maximum absolute atomic E-state index is 11.5. The lowest BCUT2D eigenvalue weighted by atomic mass is 10.2. The van der Waals surface area contributed by atoms with E-state index in [-0.39, 0.29) is 10.8 Å². The number of rotatable bonds is 3. The van der Waals surface area contributed by atoms with Crippen molar-refractivity contribution in [1.82, 2.24) is 0 Å². The van der Waals surface area contributed by atoms with Gasteiger partial charge in [0.15, 0.2) is 0 Å². The van der Waals surface area contributed by atoms with Crippen molar-refractivity contribution in [2.45, 2.75) is 51.5 Å². The number of carbonyl (C=O) groups is 1. The number of alkyl halides is 1. The third-order valence-corrected chi connectivity index (χ3v) is 2.14. The molecule has 0 saturated heterocycles.